The average molecular weight is 240 g/mol. The summed E-state index contributed by atoms with van der Waals surface area (Å²) in [6.45, 7) is 2.74. The third kappa shape index (κ3) is 2.04. The van der Waals surface area contributed by atoms with Crippen molar-refractivity contribution >= 4 is 17.8 Å². The molecule has 6 heteroatoms. The molecule has 2 rings (SSSR count). The minimum atomic E-state index is -0.865. The summed E-state index contributed by atoms with van der Waals surface area (Å²) in [4.78, 5) is 35.8. The van der Waals surface area contributed by atoms with Gasteiger partial charge in [-0.3, -0.25) is 24.6 Å². The molecule has 0 unspecified atom stereocenters. The first kappa shape index (κ1) is 12.0. The maximum atomic E-state index is 11.5. The zero-order chi connectivity index (χ0) is 12.6. The molecule has 2 saturated heterocycles. The van der Waals surface area contributed by atoms with Crippen molar-refractivity contribution in [3.8, 4) is 0 Å². The molecule has 2 heterocycles. The smallest absolute Gasteiger partial charge is 0.320 e. The molecular formula is C11H16N2O4. The maximum Gasteiger partial charge on any atom is 0.320 e. The maximum absolute atomic E-state index is 11.5. The van der Waals surface area contributed by atoms with Gasteiger partial charge in [-0.25, -0.2) is 0 Å². The van der Waals surface area contributed by atoms with E-state index in [2.05, 4.69) is 5.32 Å². The standard InChI is InChI=1S/C11H16N2O4/c1-2-8(11(16)17)13-4-3-6-7(5-13)10(15)12-9(6)14/h6-8H,2-5H2,1H3,(H,16,17)(H,12,14,15)/t6-,7+,8-/m1/s1. The number of fused-ring (bicyclic) bond motifs is 1. The lowest BCUT2D eigenvalue weighted by atomic mass is 9.87. The highest BCUT2D eigenvalue weighted by molar-refractivity contribution is 6.05. The van der Waals surface area contributed by atoms with Gasteiger partial charge in [0.25, 0.3) is 0 Å². The molecule has 0 aliphatic carbocycles. The highest BCUT2D eigenvalue weighted by Gasteiger charge is 2.46. The molecule has 0 radical (unpaired) electrons. The summed E-state index contributed by atoms with van der Waals surface area (Å²) in [7, 11) is 0. The zero-order valence-corrected chi connectivity index (χ0v) is 9.68. The number of amides is 2. The van der Waals surface area contributed by atoms with E-state index < -0.39 is 12.0 Å². The Labute approximate surface area is 99.0 Å². The van der Waals surface area contributed by atoms with Crippen molar-refractivity contribution in [3.63, 3.8) is 0 Å². The molecule has 2 aliphatic rings. The fourth-order valence-corrected chi connectivity index (χ4v) is 2.74. The predicted octanol–water partition coefficient (Wildman–Crippen LogP) is -0.556. The van der Waals surface area contributed by atoms with Crippen LogP contribution >= 0.6 is 0 Å². The van der Waals surface area contributed by atoms with Gasteiger partial charge in [-0.05, 0) is 19.4 Å². The van der Waals surface area contributed by atoms with Crippen LogP contribution in [0.15, 0.2) is 0 Å². The van der Waals surface area contributed by atoms with Crippen molar-refractivity contribution in [1.82, 2.24) is 10.2 Å². The Hall–Kier alpha value is -1.43. The Morgan fingerprint density at radius 3 is 2.71 bits per heavy atom. The molecule has 0 aromatic carbocycles. The van der Waals surface area contributed by atoms with E-state index in [1.807, 2.05) is 6.92 Å². The number of carboxylic acid groups (broad SMARTS) is 1. The van der Waals surface area contributed by atoms with E-state index in [1.54, 1.807) is 4.90 Å². The number of carbonyl (C=O) groups excluding carboxylic acids is 2. The van der Waals surface area contributed by atoms with Crippen LogP contribution in [0.25, 0.3) is 0 Å². The van der Waals surface area contributed by atoms with E-state index in [9.17, 15) is 14.4 Å². The highest BCUT2D eigenvalue weighted by Crippen LogP contribution is 2.29. The Balaban J connectivity index is 2.09. The molecule has 2 aliphatic heterocycles. The first-order valence-corrected chi connectivity index (χ1v) is 5.86. The summed E-state index contributed by atoms with van der Waals surface area (Å²) < 4.78 is 0. The minimum absolute atomic E-state index is 0.206. The average Bonchev–Trinajstić information content (AvgIpc) is 2.55. The largest absolute Gasteiger partial charge is 0.480 e. The lowest BCUT2D eigenvalue weighted by molar-refractivity contribution is -0.145. The molecule has 2 N–H and O–H groups in total. The molecule has 17 heavy (non-hydrogen) atoms. The summed E-state index contributed by atoms with van der Waals surface area (Å²) in [6.07, 6.45) is 1.06. The summed E-state index contributed by atoms with van der Waals surface area (Å²) in [5.74, 6) is -1.96. The number of carbonyl (C=O) groups is 3. The van der Waals surface area contributed by atoms with E-state index in [-0.39, 0.29) is 23.7 Å². The van der Waals surface area contributed by atoms with Crippen LogP contribution in [0, 0.1) is 11.8 Å². The van der Waals surface area contributed by atoms with Gasteiger partial charge in [-0.2, -0.15) is 0 Å². The van der Waals surface area contributed by atoms with Gasteiger partial charge < -0.3 is 5.11 Å². The second-order valence-corrected chi connectivity index (χ2v) is 4.61. The second kappa shape index (κ2) is 4.44. The van der Waals surface area contributed by atoms with Gasteiger partial charge >= 0.3 is 5.97 Å². The van der Waals surface area contributed by atoms with Crippen molar-refractivity contribution in [2.75, 3.05) is 13.1 Å². The second-order valence-electron chi connectivity index (χ2n) is 4.61. The van der Waals surface area contributed by atoms with E-state index in [4.69, 9.17) is 5.11 Å². The van der Waals surface area contributed by atoms with Crippen molar-refractivity contribution < 1.29 is 19.5 Å². The Bertz CT molecular complexity index is 368. The lowest BCUT2D eigenvalue weighted by Gasteiger charge is -2.35. The van der Waals surface area contributed by atoms with Crippen molar-refractivity contribution in [3.05, 3.63) is 0 Å². The number of aliphatic carboxylic acids is 1. The number of nitrogens with one attached hydrogen (secondary N) is 1. The summed E-state index contributed by atoms with van der Waals surface area (Å²) in [5.41, 5.74) is 0. The first-order chi connectivity index (χ1) is 8.04. The third-order valence-electron chi connectivity index (χ3n) is 3.68. The van der Waals surface area contributed by atoms with Crippen LogP contribution in [-0.2, 0) is 14.4 Å². The number of hydrogen-bond donors (Lipinski definition) is 2. The molecule has 0 spiro atoms. The van der Waals surface area contributed by atoms with Crippen LogP contribution in [0.2, 0.25) is 0 Å². The van der Waals surface area contributed by atoms with Crippen molar-refractivity contribution in [1.29, 1.82) is 0 Å². The van der Waals surface area contributed by atoms with E-state index in [0.717, 1.165) is 0 Å². The number of rotatable bonds is 3. The number of imide groups is 1. The Morgan fingerprint density at radius 2 is 2.12 bits per heavy atom. The molecule has 2 amide bonds. The number of carboxylic acids is 1. The van der Waals surface area contributed by atoms with Gasteiger partial charge in [0, 0.05) is 6.54 Å². The fourth-order valence-electron chi connectivity index (χ4n) is 2.74. The normalized spacial score (nSPS) is 30.9. The number of piperidine rings is 1. The number of hydrogen-bond acceptors (Lipinski definition) is 4. The summed E-state index contributed by atoms with van der Waals surface area (Å²) >= 11 is 0. The van der Waals surface area contributed by atoms with Crippen LogP contribution in [0.5, 0.6) is 0 Å². The quantitative estimate of drug-likeness (QED) is 0.646. The first-order valence-electron chi connectivity index (χ1n) is 5.86. The van der Waals surface area contributed by atoms with Crippen molar-refractivity contribution in [2.45, 2.75) is 25.8 Å². The Morgan fingerprint density at radius 1 is 1.47 bits per heavy atom. The molecule has 0 aromatic heterocycles. The lowest BCUT2D eigenvalue weighted by Crippen LogP contribution is -2.49. The van der Waals surface area contributed by atoms with Crippen LogP contribution in [0.3, 0.4) is 0 Å². The molecule has 2 fully saturated rings. The highest BCUT2D eigenvalue weighted by atomic mass is 16.4. The molecular weight excluding hydrogens is 224 g/mol. The van der Waals surface area contributed by atoms with Gasteiger partial charge in [0.15, 0.2) is 0 Å². The molecule has 0 saturated carbocycles. The van der Waals surface area contributed by atoms with Gasteiger partial charge in [0.2, 0.25) is 11.8 Å². The number of likely N-dealkylation sites (tertiary alicyclic amines) is 1. The van der Waals surface area contributed by atoms with Crippen LogP contribution in [0.1, 0.15) is 19.8 Å². The van der Waals surface area contributed by atoms with E-state index in [1.165, 1.54) is 0 Å². The van der Waals surface area contributed by atoms with Gasteiger partial charge in [0.05, 0.1) is 11.8 Å². The SMILES string of the molecule is CC[C@H](C(=O)O)N1CC[C@H]2C(=O)NC(=O)[C@H]2C1. The van der Waals surface area contributed by atoms with Crippen LogP contribution in [0.4, 0.5) is 0 Å². The van der Waals surface area contributed by atoms with Crippen LogP contribution < -0.4 is 5.32 Å². The molecule has 6 nitrogen and oxygen atoms in total. The molecule has 3 atom stereocenters. The summed E-state index contributed by atoms with van der Waals surface area (Å²) in [5, 5.41) is 11.4. The van der Waals surface area contributed by atoms with Gasteiger partial charge in [0.1, 0.15) is 6.04 Å². The van der Waals surface area contributed by atoms with E-state index in [0.29, 0.717) is 25.9 Å². The van der Waals surface area contributed by atoms with E-state index >= 15 is 0 Å². The fraction of sp³-hybridized carbons (Fsp3) is 0.727. The van der Waals surface area contributed by atoms with Gasteiger partial charge in [-0.1, -0.05) is 6.92 Å². The summed E-state index contributed by atoms with van der Waals surface area (Å²) in [6, 6.07) is -0.556. The molecule has 0 aromatic rings. The topological polar surface area (TPSA) is 86.7 Å². The monoisotopic (exact) mass is 240 g/mol. The zero-order valence-electron chi connectivity index (χ0n) is 9.68. The predicted molar refractivity (Wildman–Crippen MR) is 58.0 cm³/mol. The Kier molecular flexibility index (Phi) is 3.15. The van der Waals surface area contributed by atoms with Crippen LogP contribution in [-0.4, -0.2) is 46.9 Å². The third-order valence-corrected chi connectivity index (χ3v) is 3.68. The van der Waals surface area contributed by atoms with Crippen molar-refractivity contribution in [2.24, 2.45) is 11.8 Å². The number of nitrogens with zero attached hydrogens (tertiary/aromatic N) is 1. The molecule has 0 bridgehead atoms. The van der Waals surface area contributed by atoms with Gasteiger partial charge in [-0.15, -0.1) is 0 Å². The minimum Gasteiger partial charge on any atom is -0.480 e. The molecule has 94 valence electrons.